The number of benzene rings is 2. The summed E-state index contributed by atoms with van der Waals surface area (Å²) >= 11 is 0. The maximum Gasteiger partial charge on any atom is 0.416 e. The molecule has 1 aliphatic heterocycles. The van der Waals surface area contributed by atoms with E-state index in [2.05, 4.69) is 16.8 Å². The van der Waals surface area contributed by atoms with Gasteiger partial charge < -0.3 is 14.5 Å². The number of hydrogen-bond acceptors (Lipinski definition) is 4. The highest BCUT2D eigenvalue weighted by Crippen LogP contribution is 2.39. The van der Waals surface area contributed by atoms with E-state index in [1.807, 2.05) is 6.07 Å². The Labute approximate surface area is 174 Å². The van der Waals surface area contributed by atoms with Gasteiger partial charge in [0.05, 0.1) is 18.4 Å². The molecule has 1 atom stereocenters. The van der Waals surface area contributed by atoms with Crippen LogP contribution in [-0.4, -0.2) is 51.0 Å². The first-order valence-electron chi connectivity index (χ1n) is 10.1. The van der Waals surface area contributed by atoms with Crippen LogP contribution in [0.15, 0.2) is 36.4 Å². The van der Waals surface area contributed by atoms with E-state index in [0.717, 1.165) is 49.6 Å². The van der Waals surface area contributed by atoms with Gasteiger partial charge in [0, 0.05) is 37.7 Å². The van der Waals surface area contributed by atoms with Crippen molar-refractivity contribution in [2.24, 2.45) is 5.92 Å². The number of Topliss-reactive ketones (excluding diaryl/α,β-unsaturated/α-hetero) is 1. The van der Waals surface area contributed by atoms with Gasteiger partial charge in [0.1, 0.15) is 5.75 Å². The number of nitrogens with zero attached hydrogens (tertiary/aromatic N) is 2. The van der Waals surface area contributed by atoms with Crippen LogP contribution in [-0.2, 0) is 19.0 Å². The number of rotatable bonds is 4. The molecule has 4 rings (SSSR count). The van der Waals surface area contributed by atoms with Gasteiger partial charge in [-0.05, 0) is 49.2 Å². The number of hydrogen-bond donors (Lipinski definition) is 0. The van der Waals surface area contributed by atoms with Gasteiger partial charge in [0.2, 0.25) is 0 Å². The fourth-order valence-corrected chi connectivity index (χ4v) is 4.37. The number of fused-ring (bicyclic) bond motifs is 1. The summed E-state index contributed by atoms with van der Waals surface area (Å²) < 4.78 is 44.6. The van der Waals surface area contributed by atoms with Crippen LogP contribution < -0.4 is 9.64 Å². The lowest BCUT2D eigenvalue weighted by molar-refractivity contribution is -0.137. The summed E-state index contributed by atoms with van der Waals surface area (Å²) in [6, 6.07) is 9.09. The molecule has 0 bridgehead atoms. The van der Waals surface area contributed by atoms with Gasteiger partial charge in [0.15, 0.2) is 5.78 Å². The van der Waals surface area contributed by atoms with Crippen molar-refractivity contribution >= 4 is 11.5 Å². The molecule has 2 aromatic carbocycles. The van der Waals surface area contributed by atoms with Crippen molar-refractivity contribution in [3.8, 4) is 5.75 Å². The Morgan fingerprint density at radius 3 is 2.50 bits per heavy atom. The smallest absolute Gasteiger partial charge is 0.416 e. The van der Waals surface area contributed by atoms with E-state index in [-0.39, 0.29) is 11.7 Å². The number of carbonyl (C=O) groups is 1. The van der Waals surface area contributed by atoms with E-state index in [0.29, 0.717) is 29.7 Å². The van der Waals surface area contributed by atoms with E-state index in [9.17, 15) is 18.0 Å². The molecule has 0 saturated carbocycles. The lowest BCUT2D eigenvalue weighted by atomic mass is 9.95. The van der Waals surface area contributed by atoms with Crippen molar-refractivity contribution in [3.63, 3.8) is 0 Å². The zero-order valence-corrected chi connectivity index (χ0v) is 17.1. The first-order chi connectivity index (χ1) is 14.3. The third kappa shape index (κ3) is 4.03. The highest BCUT2D eigenvalue weighted by molar-refractivity contribution is 6.03. The maximum atomic E-state index is 13.0. The molecule has 0 N–H and O–H groups in total. The van der Waals surface area contributed by atoms with Crippen LogP contribution in [0, 0.1) is 5.92 Å². The highest BCUT2D eigenvalue weighted by Gasteiger charge is 2.34. The minimum Gasteiger partial charge on any atom is -0.495 e. The zero-order chi connectivity index (χ0) is 21.5. The van der Waals surface area contributed by atoms with Crippen molar-refractivity contribution < 1.29 is 22.7 Å². The first-order valence-corrected chi connectivity index (χ1v) is 10.1. The second-order valence-corrected chi connectivity index (χ2v) is 8.14. The summed E-state index contributed by atoms with van der Waals surface area (Å²) in [6.07, 6.45) is -3.55. The zero-order valence-electron chi connectivity index (χ0n) is 17.1. The van der Waals surface area contributed by atoms with Crippen molar-refractivity contribution in [2.75, 3.05) is 45.2 Å². The van der Waals surface area contributed by atoms with Crippen molar-refractivity contribution in [1.29, 1.82) is 0 Å². The first kappa shape index (κ1) is 20.7. The molecule has 4 nitrogen and oxygen atoms in total. The van der Waals surface area contributed by atoms with Crippen LogP contribution in [0.3, 0.4) is 0 Å². The van der Waals surface area contributed by atoms with E-state index in [4.69, 9.17) is 4.74 Å². The minimum absolute atomic E-state index is 0.0226. The van der Waals surface area contributed by atoms with E-state index < -0.39 is 11.7 Å². The van der Waals surface area contributed by atoms with Gasteiger partial charge in [-0.1, -0.05) is 18.2 Å². The Balaban J connectivity index is 1.57. The molecule has 1 fully saturated rings. The second-order valence-electron chi connectivity index (χ2n) is 8.14. The maximum absolute atomic E-state index is 13.0. The summed E-state index contributed by atoms with van der Waals surface area (Å²) in [5.74, 6) is 0.299. The predicted molar refractivity (Wildman–Crippen MR) is 109 cm³/mol. The third-order valence-corrected chi connectivity index (χ3v) is 6.09. The Kier molecular flexibility index (Phi) is 5.49. The monoisotopic (exact) mass is 418 g/mol. The van der Waals surface area contributed by atoms with Crippen LogP contribution >= 0.6 is 0 Å². The van der Waals surface area contributed by atoms with Crippen molar-refractivity contribution in [2.45, 2.75) is 19.0 Å². The fourth-order valence-electron chi connectivity index (χ4n) is 4.37. The SMILES string of the molecule is COc1cc2c(cc1N1CCN(C)CC1)CC(Cc1cccc(C(F)(F)F)c1)C2=O. The summed E-state index contributed by atoms with van der Waals surface area (Å²) in [5, 5.41) is 0. The average Bonchev–Trinajstić information content (AvgIpc) is 3.02. The quantitative estimate of drug-likeness (QED) is 0.750. The number of alkyl halides is 3. The molecule has 0 radical (unpaired) electrons. The number of piperazine rings is 1. The number of likely N-dealkylation sites (N-methyl/N-ethyl adjacent to an activating group) is 1. The van der Waals surface area contributed by atoms with E-state index in [1.165, 1.54) is 6.07 Å². The van der Waals surface area contributed by atoms with Gasteiger partial charge in [0.25, 0.3) is 0 Å². The average molecular weight is 418 g/mol. The largest absolute Gasteiger partial charge is 0.495 e. The predicted octanol–water partition coefficient (Wildman–Crippen LogP) is 4.06. The van der Waals surface area contributed by atoms with Crippen molar-refractivity contribution in [1.82, 2.24) is 4.90 Å². The van der Waals surface area contributed by atoms with E-state index >= 15 is 0 Å². The summed E-state index contributed by atoms with van der Waals surface area (Å²) in [6.45, 7) is 3.68. The Bertz CT molecular complexity index is 950. The van der Waals surface area contributed by atoms with Crippen LogP contribution in [0.2, 0.25) is 0 Å². The standard InChI is InChI=1S/C23H25F3N2O2/c1-27-6-8-28(9-7-27)20-13-16-12-17(22(29)19(16)14-21(20)30-2)10-15-4-3-5-18(11-15)23(24,25)26/h3-5,11,13-14,17H,6-10,12H2,1-2H3. The molecule has 7 heteroatoms. The molecule has 30 heavy (non-hydrogen) atoms. The lowest BCUT2D eigenvalue weighted by Gasteiger charge is -2.35. The topological polar surface area (TPSA) is 32.8 Å². The third-order valence-electron chi connectivity index (χ3n) is 6.09. The van der Waals surface area contributed by atoms with Crippen molar-refractivity contribution in [3.05, 3.63) is 58.7 Å². The molecule has 1 saturated heterocycles. The summed E-state index contributed by atoms with van der Waals surface area (Å²) in [4.78, 5) is 17.5. The fraction of sp³-hybridized carbons (Fsp3) is 0.435. The molecule has 0 amide bonds. The van der Waals surface area contributed by atoms with Gasteiger partial charge in [-0.2, -0.15) is 13.2 Å². The lowest BCUT2D eigenvalue weighted by Crippen LogP contribution is -2.44. The molecular formula is C23H25F3N2O2. The summed E-state index contributed by atoms with van der Waals surface area (Å²) in [7, 11) is 3.69. The number of ether oxygens (including phenoxy) is 1. The molecule has 2 aliphatic rings. The molecule has 1 heterocycles. The molecule has 1 aliphatic carbocycles. The van der Waals surface area contributed by atoms with Gasteiger partial charge in [-0.15, -0.1) is 0 Å². The van der Waals surface area contributed by atoms with Gasteiger partial charge in [-0.25, -0.2) is 0 Å². The van der Waals surface area contributed by atoms with Crippen LogP contribution in [0.25, 0.3) is 0 Å². The molecular weight excluding hydrogens is 393 g/mol. The Hall–Kier alpha value is -2.54. The number of methoxy groups -OCH3 is 1. The van der Waals surface area contributed by atoms with Gasteiger partial charge >= 0.3 is 6.18 Å². The number of carbonyl (C=O) groups excluding carboxylic acids is 1. The van der Waals surface area contributed by atoms with Crippen LogP contribution in [0.5, 0.6) is 5.75 Å². The molecule has 1 unspecified atom stereocenters. The van der Waals surface area contributed by atoms with Gasteiger partial charge in [-0.3, -0.25) is 4.79 Å². The minimum atomic E-state index is -4.39. The highest BCUT2D eigenvalue weighted by atomic mass is 19.4. The molecule has 0 aromatic heterocycles. The number of halogens is 3. The number of anilines is 1. The Morgan fingerprint density at radius 1 is 1.10 bits per heavy atom. The molecule has 160 valence electrons. The number of ketones is 1. The van der Waals surface area contributed by atoms with Crippen LogP contribution in [0.4, 0.5) is 18.9 Å². The second kappa shape index (κ2) is 7.95. The summed E-state index contributed by atoms with van der Waals surface area (Å²) in [5.41, 5.74) is 2.41. The molecule has 0 spiro atoms. The molecule has 2 aromatic rings. The van der Waals surface area contributed by atoms with Crippen LogP contribution in [0.1, 0.15) is 27.0 Å². The van der Waals surface area contributed by atoms with E-state index in [1.54, 1.807) is 19.2 Å². The Morgan fingerprint density at radius 2 is 1.83 bits per heavy atom. The normalized spacial score (nSPS) is 19.8.